The molecule has 22 heavy (non-hydrogen) atoms. The molecule has 0 N–H and O–H groups in total. The summed E-state index contributed by atoms with van der Waals surface area (Å²) in [4.78, 5) is 28.6. The van der Waals surface area contributed by atoms with Crippen LogP contribution in [0.5, 0.6) is 0 Å². The van der Waals surface area contributed by atoms with Gasteiger partial charge >= 0.3 is 0 Å². The van der Waals surface area contributed by atoms with Gasteiger partial charge in [-0.15, -0.1) is 0 Å². The van der Waals surface area contributed by atoms with Gasteiger partial charge in [-0.2, -0.15) is 0 Å². The second kappa shape index (κ2) is 6.50. The van der Waals surface area contributed by atoms with Crippen LogP contribution in [0, 0.1) is 12.8 Å². The van der Waals surface area contributed by atoms with Crippen molar-refractivity contribution in [1.29, 1.82) is 0 Å². The molecule has 0 unspecified atom stereocenters. The van der Waals surface area contributed by atoms with Gasteiger partial charge in [0.15, 0.2) is 5.69 Å². The van der Waals surface area contributed by atoms with E-state index < -0.39 is 0 Å². The van der Waals surface area contributed by atoms with E-state index in [9.17, 15) is 9.59 Å². The van der Waals surface area contributed by atoms with Gasteiger partial charge in [0.25, 0.3) is 5.91 Å². The highest BCUT2D eigenvalue weighted by Crippen LogP contribution is 2.27. The maximum atomic E-state index is 12.5. The molecule has 6 heteroatoms. The Morgan fingerprint density at radius 2 is 1.77 bits per heavy atom. The Bertz CT molecular complexity index is 549. The first-order valence-electron chi connectivity index (χ1n) is 8.16. The molecule has 6 nitrogen and oxygen atoms in total. The second-order valence-electron chi connectivity index (χ2n) is 6.28. The minimum absolute atomic E-state index is 0.105. The predicted octanol–water partition coefficient (Wildman–Crippen LogP) is 1.85. The van der Waals surface area contributed by atoms with Crippen molar-refractivity contribution >= 4 is 11.8 Å². The molecule has 1 saturated heterocycles. The zero-order valence-electron chi connectivity index (χ0n) is 13.1. The number of hydrogen-bond acceptors (Lipinski definition) is 4. The molecular formula is C16H23N3O3. The number of amides is 2. The summed E-state index contributed by atoms with van der Waals surface area (Å²) in [6, 6.07) is 1.66. The molecule has 0 bridgehead atoms. The average Bonchev–Trinajstić information content (AvgIpc) is 3.13. The van der Waals surface area contributed by atoms with Crippen LogP contribution in [-0.4, -0.2) is 52.9 Å². The van der Waals surface area contributed by atoms with Gasteiger partial charge < -0.3 is 14.3 Å². The Labute approximate surface area is 130 Å². The highest BCUT2D eigenvalue weighted by Gasteiger charge is 2.29. The first-order chi connectivity index (χ1) is 10.6. The molecule has 1 aliphatic heterocycles. The van der Waals surface area contributed by atoms with Gasteiger partial charge in [-0.1, -0.05) is 18.0 Å². The molecule has 0 aromatic carbocycles. The summed E-state index contributed by atoms with van der Waals surface area (Å²) in [6.07, 6.45) is 5.20. The molecule has 1 aliphatic carbocycles. The number of aromatic nitrogens is 1. The minimum atomic E-state index is -0.105. The van der Waals surface area contributed by atoms with Crippen LogP contribution >= 0.6 is 0 Å². The lowest BCUT2D eigenvalue weighted by atomic mass is 10.1. The molecule has 2 amide bonds. The molecule has 120 valence electrons. The van der Waals surface area contributed by atoms with E-state index in [1.807, 2.05) is 4.90 Å². The summed E-state index contributed by atoms with van der Waals surface area (Å²) >= 11 is 0. The van der Waals surface area contributed by atoms with Gasteiger partial charge in [0.1, 0.15) is 5.76 Å². The molecule has 0 radical (unpaired) electrons. The highest BCUT2D eigenvalue weighted by molar-refractivity contribution is 5.92. The zero-order chi connectivity index (χ0) is 15.5. The van der Waals surface area contributed by atoms with Gasteiger partial charge in [-0.3, -0.25) is 9.59 Å². The van der Waals surface area contributed by atoms with Gasteiger partial charge in [0, 0.05) is 38.2 Å². The first kappa shape index (κ1) is 15.1. The van der Waals surface area contributed by atoms with Crippen molar-refractivity contribution in [3.63, 3.8) is 0 Å². The number of nitrogens with zero attached hydrogens (tertiary/aromatic N) is 3. The second-order valence-corrected chi connectivity index (χ2v) is 6.28. The van der Waals surface area contributed by atoms with E-state index in [1.165, 1.54) is 12.8 Å². The third-order valence-corrected chi connectivity index (χ3v) is 4.65. The summed E-state index contributed by atoms with van der Waals surface area (Å²) in [7, 11) is 0. The molecule has 0 atom stereocenters. The number of rotatable bonds is 2. The summed E-state index contributed by atoms with van der Waals surface area (Å²) in [6.45, 7) is 4.38. The van der Waals surface area contributed by atoms with E-state index in [-0.39, 0.29) is 17.7 Å². The number of carbonyl (C=O) groups excluding carboxylic acids is 2. The maximum absolute atomic E-state index is 12.5. The summed E-state index contributed by atoms with van der Waals surface area (Å²) in [5.41, 5.74) is 0.355. The van der Waals surface area contributed by atoms with Crippen molar-refractivity contribution in [1.82, 2.24) is 15.0 Å². The standard InChI is InChI=1S/C16H23N3O3/c1-12-11-14(17-22-12)16(21)19-8-4-7-18(9-10-19)15(20)13-5-2-3-6-13/h11,13H,2-10H2,1H3. The van der Waals surface area contributed by atoms with E-state index in [0.717, 1.165) is 25.8 Å². The monoisotopic (exact) mass is 305 g/mol. The molecule has 1 saturated carbocycles. The van der Waals surface area contributed by atoms with Crippen LogP contribution < -0.4 is 0 Å². The lowest BCUT2D eigenvalue weighted by molar-refractivity contribution is -0.135. The first-order valence-corrected chi connectivity index (χ1v) is 8.16. The fourth-order valence-electron chi connectivity index (χ4n) is 3.40. The van der Waals surface area contributed by atoms with Crippen LogP contribution in [0.1, 0.15) is 48.4 Å². The van der Waals surface area contributed by atoms with Gasteiger partial charge in [0.2, 0.25) is 5.91 Å². The van der Waals surface area contributed by atoms with E-state index in [4.69, 9.17) is 4.52 Å². The van der Waals surface area contributed by atoms with E-state index in [1.54, 1.807) is 17.9 Å². The number of carbonyl (C=O) groups is 2. The lowest BCUT2D eigenvalue weighted by Crippen LogP contribution is -2.39. The predicted molar refractivity (Wildman–Crippen MR) is 80.3 cm³/mol. The molecule has 1 aromatic heterocycles. The smallest absolute Gasteiger partial charge is 0.276 e. The minimum Gasteiger partial charge on any atom is -0.361 e. The Kier molecular flexibility index (Phi) is 4.45. The van der Waals surface area contributed by atoms with Crippen molar-refractivity contribution < 1.29 is 14.1 Å². The lowest BCUT2D eigenvalue weighted by Gasteiger charge is -2.24. The third-order valence-electron chi connectivity index (χ3n) is 4.65. The van der Waals surface area contributed by atoms with Crippen molar-refractivity contribution in [3.05, 3.63) is 17.5 Å². The quantitative estimate of drug-likeness (QED) is 0.836. The van der Waals surface area contributed by atoms with E-state index >= 15 is 0 Å². The van der Waals surface area contributed by atoms with Gasteiger partial charge in [-0.25, -0.2) is 0 Å². The van der Waals surface area contributed by atoms with Crippen molar-refractivity contribution in [2.75, 3.05) is 26.2 Å². The summed E-state index contributed by atoms with van der Waals surface area (Å²) in [5, 5.41) is 3.79. The highest BCUT2D eigenvalue weighted by atomic mass is 16.5. The van der Waals surface area contributed by atoms with Gasteiger partial charge in [-0.05, 0) is 26.2 Å². The Morgan fingerprint density at radius 3 is 2.45 bits per heavy atom. The molecule has 0 spiro atoms. The van der Waals surface area contributed by atoms with Crippen molar-refractivity contribution in [3.8, 4) is 0 Å². The Hall–Kier alpha value is -1.85. The summed E-state index contributed by atoms with van der Waals surface area (Å²) < 4.78 is 4.97. The molecule has 3 rings (SSSR count). The fourth-order valence-corrected chi connectivity index (χ4v) is 3.40. The molecule has 1 aromatic rings. The largest absolute Gasteiger partial charge is 0.361 e. The van der Waals surface area contributed by atoms with E-state index in [2.05, 4.69) is 5.16 Å². The topological polar surface area (TPSA) is 66.7 Å². The third kappa shape index (κ3) is 3.15. The zero-order valence-corrected chi connectivity index (χ0v) is 13.1. The van der Waals surface area contributed by atoms with Crippen LogP contribution in [0.2, 0.25) is 0 Å². The molecular weight excluding hydrogens is 282 g/mol. The summed E-state index contributed by atoms with van der Waals surface area (Å²) in [5.74, 6) is 1.02. The van der Waals surface area contributed by atoms with Crippen molar-refractivity contribution in [2.45, 2.75) is 39.0 Å². The van der Waals surface area contributed by atoms with Crippen LogP contribution in [-0.2, 0) is 4.79 Å². The molecule has 2 fully saturated rings. The maximum Gasteiger partial charge on any atom is 0.276 e. The van der Waals surface area contributed by atoms with Gasteiger partial charge in [0.05, 0.1) is 0 Å². The van der Waals surface area contributed by atoms with Crippen LogP contribution in [0.25, 0.3) is 0 Å². The Morgan fingerprint density at radius 1 is 1.09 bits per heavy atom. The number of hydrogen-bond donors (Lipinski definition) is 0. The van der Waals surface area contributed by atoms with Crippen LogP contribution in [0.15, 0.2) is 10.6 Å². The van der Waals surface area contributed by atoms with E-state index in [0.29, 0.717) is 31.1 Å². The Balaban J connectivity index is 1.59. The SMILES string of the molecule is Cc1cc(C(=O)N2CCCN(C(=O)C3CCCC3)CC2)no1. The van der Waals surface area contributed by atoms with Crippen LogP contribution in [0.4, 0.5) is 0 Å². The van der Waals surface area contributed by atoms with Crippen molar-refractivity contribution in [2.24, 2.45) is 5.92 Å². The normalized spacial score (nSPS) is 20.2. The fraction of sp³-hybridized carbons (Fsp3) is 0.688. The number of aryl methyl sites for hydroxylation is 1. The average molecular weight is 305 g/mol. The molecule has 2 heterocycles. The molecule has 2 aliphatic rings. The van der Waals surface area contributed by atoms with Crippen LogP contribution in [0.3, 0.4) is 0 Å².